The van der Waals surface area contributed by atoms with Crippen molar-refractivity contribution in [1.82, 2.24) is 20.4 Å². The largest absolute Gasteiger partial charge is 0.418 e. The number of rotatable bonds is 3. The molecule has 0 saturated carbocycles. The summed E-state index contributed by atoms with van der Waals surface area (Å²) in [5.74, 6) is 0.794. The molecule has 6 nitrogen and oxygen atoms in total. The van der Waals surface area contributed by atoms with Crippen LogP contribution >= 0.6 is 0 Å². The second-order valence-electron chi connectivity index (χ2n) is 3.82. The molecule has 0 amide bonds. The Hall–Kier alpha value is -2.47. The van der Waals surface area contributed by atoms with Crippen LogP contribution in [0.2, 0.25) is 0 Å². The maximum Gasteiger partial charge on any atom is 0.251 e. The van der Waals surface area contributed by atoms with Crippen LogP contribution in [0.25, 0.3) is 11.5 Å². The maximum absolute atomic E-state index is 6.06. The van der Waals surface area contributed by atoms with E-state index >= 15 is 0 Å². The van der Waals surface area contributed by atoms with Crippen molar-refractivity contribution in [2.75, 3.05) is 0 Å². The molecule has 90 valence electrons. The molecule has 6 heteroatoms. The van der Waals surface area contributed by atoms with Crippen molar-refractivity contribution in [2.24, 2.45) is 5.73 Å². The Labute approximate surface area is 103 Å². The quantitative estimate of drug-likeness (QED) is 0.724. The van der Waals surface area contributed by atoms with Gasteiger partial charge in [-0.25, -0.2) is 0 Å². The van der Waals surface area contributed by atoms with Crippen LogP contribution in [0.5, 0.6) is 0 Å². The molecule has 0 radical (unpaired) electrons. The average molecular weight is 241 g/mol. The molecule has 3 aromatic rings. The Morgan fingerprint density at radius 3 is 2.72 bits per heavy atom. The standard InChI is InChI=1S/C12H11N5O/c13-10(8-4-2-1-3-5-8)12-17-16-11(18-12)9-6-14-15-7-9/h1-7,10H,13H2,(H,14,15). The van der Waals surface area contributed by atoms with E-state index in [2.05, 4.69) is 20.4 Å². The Morgan fingerprint density at radius 2 is 2.00 bits per heavy atom. The molecule has 2 heterocycles. The molecule has 0 aliphatic carbocycles. The molecule has 3 N–H and O–H groups in total. The molecule has 0 aliphatic heterocycles. The number of aromatic nitrogens is 4. The van der Waals surface area contributed by atoms with Gasteiger partial charge in [-0.1, -0.05) is 30.3 Å². The van der Waals surface area contributed by atoms with Gasteiger partial charge < -0.3 is 10.2 Å². The zero-order chi connectivity index (χ0) is 12.4. The van der Waals surface area contributed by atoms with Gasteiger partial charge in [0.1, 0.15) is 6.04 Å². The van der Waals surface area contributed by atoms with Crippen molar-refractivity contribution in [3.63, 3.8) is 0 Å². The van der Waals surface area contributed by atoms with Gasteiger partial charge >= 0.3 is 0 Å². The lowest BCUT2D eigenvalue weighted by molar-refractivity contribution is 0.484. The molecule has 0 aliphatic rings. The minimum Gasteiger partial charge on any atom is -0.418 e. The van der Waals surface area contributed by atoms with Gasteiger partial charge in [-0.05, 0) is 5.56 Å². The Kier molecular flexibility index (Phi) is 2.62. The van der Waals surface area contributed by atoms with Crippen LogP contribution in [0.4, 0.5) is 0 Å². The molecule has 1 aromatic carbocycles. The molecule has 1 atom stereocenters. The summed E-state index contributed by atoms with van der Waals surface area (Å²) in [6.45, 7) is 0. The normalized spacial score (nSPS) is 12.5. The van der Waals surface area contributed by atoms with Crippen LogP contribution in [-0.2, 0) is 0 Å². The molecule has 18 heavy (non-hydrogen) atoms. The number of benzene rings is 1. The lowest BCUT2D eigenvalue weighted by Gasteiger charge is -2.05. The molecule has 0 spiro atoms. The number of nitrogens with two attached hydrogens (primary N) is 1. The average Bonchev–Trinajstić information content (AvgIpc) is 3.09. The van der Waals surface area contributed by atoms with E-state index in [1.54, 1.807) is 12.4 Å². The number of H-pyrrole nitrogens is 1. The van der Waals surface area contributed by atoms with Crippen LogP contribution < -0.4 is 5.73 Å². The van der Waals surface area contributed by atoms with E-state index in [1.165, 1.54) is 0 Å². The highest BCUT2D eigenvalue weighted by Crippen LogP contribution is 2.22. The molecular formula is C12H11N5O. The number of aromatic amines is 1. The van der Waals surface area contributed by atoms with Crippen LogP contribution in [0.3, 0.4) is 0 Å². The SMILES string of the molecule is NC(c1ccccc1)c1nnc(-c2cn[nH]c2)o1. The van der Waals surface area contributed by atoms with Crippen LogP contribution in [0, 0.1) is 0 Å². The highest BCUT2D eigenvalue weighted by Gasteiger charge is 2.17. The van der Waals surface area contributed by atoms with E-state index < -0.39 is 6.04 Å². The maximum atomic E-state index is 6.06. The van der Waals surface area contributed by atoms with Gasteiger partial charge in [0.25, 0.3) is 5.89 Å². The minimum atomic E-state index is -0.417. The second-order valence-corrected chi connectivity index (χ2v) is 3.82. The fourth-order valence-electron chi connectivity index (χ4n) is 1.65. The first kappa shape index (κ1) is 10.7. The molecule has 0 bridgehead atoms. The van der Waals surface area contributed by atoms with E-state index in [0.717, 1.165) is 11.1 Å². The van der Waals surface area contributed by atoms with Gasteiger partial charge in [-0.2, -0.15) is 5.10 Å². The van der Waals surface area contributed by atoms with Gasteiger partial charge in [0.05, 0.1) is 11.8 Å². The highest BCUT2D eigenvalue weighted by atomic mass is 16.4. The van der Waals surface area contributed by atoms with E-state index in [-0.39, 0.29) is 0 Å². The van der Waals surface area contributed by atoms with Gasteiger partial charge in [0.15, 0.2) is 0 Å². The fraction of sp³-hybridized carbons (Fsp3) is 0.0833. The third-order valence-corrected chi connectivity index (χ3v) is 2.61. The van der Waals surface area contributed by atoms with Crippen LogP contribution in [-0.4, -0.2) is 20.4 Å². The zero-order valence-corrected chi connectivity index (χ0v) is 9.45. The van der Waals surface area contributed by atoms with Crippen LogP contribution in [0.15, 0.2) is 47.1 Å². The van der Waals surface area contributed by atoms with E-state index in [4.69, 9.17) is 10.2 Å². The van der Waals surface area contributed by atoms with E-state index in [0.29, 0.717) is 11.8 Å². The molecule has 3 rings (SSSR count). The first-order valence-electron chi connectivity index (χ1n) is 5.47. The second kappa shape index (κ2) is 4.42. The fourth-order valence-corrected chi connectivity index (χ4v) is 1.65. The summed E-state index contributed by atoms with van der Waals surface area (Å²) in [5.41, 5.74) is 7.74. The summed E-state index contributed by atoms with van der Waals surface area (Å²) in [6, 6.07) is 9.20. The Bertz CT molecular complexity index is 617. The minimum absolute atomic E-state index is 0.386. The summed E-state index contributed by atoms with van der Waals surface area (Å²) in [6.07, 6.45) is 3.30. The number of hydrogen-bond donors (Lipinski definition) is 2. The summed E-state index contributed by atoms with van der Waals surface area (Å²) < 4.78 is 5.54. The van der Waals surface area contributed by atoms with Crippen molar-refractivity contribution in [1.29, 1.82) is 0 Å². The third-order valence-electron chi connectivity index (χ3n) is 2.61. The smallest absolute Gasteiger partial charge is 0.251 e. The molecule has 2 aromatic heterocycles. The van der Waals surface area contributed by atoms with Gasteiger partial charge in [-0.15, -0.1) is 10.2 Å². The van der Waals surface area contributed by atoms with E-state index in [9.17, 15) is 0 Å². The monoisotopic (exact) mass is 241 g/mol. The summed E-state index contributed by atoms with van der Waals surface area (Å²) >= 11 is 0. The zero-order valence-electron chi connectivity index (χ0n) is 9.45. The predicted molar refractivity (Wildman–Crippen MR) is 64.4 cm³/mol. The summed E-state index contributed by atoms with van der Waals surface area (Å²) in [5, 5.41) is 14.4. The van der Waals surface area contributed by atoms with Gasteiger partial charge in [-0.3, -0.25) is 5.10 Å². The Morgan fingerprint density at radius 1 is 1.17 bits per heavy atom. The van der Waals surface area contributed by atoms with Crippen molar-refractivity contribution < 1.29 is 4.42 Å². The number of nitrogens with one attached hydrogen (secondary N) is 1. The lowest BCUT2D eigenvalue weighted by Crippen LogP contribution is -2.11. The third kappa shape index (κ3) is 1.89. The number of hydrogen-bond acceptors (Lipinski definition) is 5. The molecular weight excluding hydrogens is 230 g/mol. The number of nitrogens with zero attached hydrogens (tertiary/aromatic N) is 3. The first-order chi connectivity index (χ1) is 8.84. The summed E-state index contributed by atoms with van der Waals surface area (Å²) in [7, 11) is 0. The van der Waals surface area contributed by atoms with Crippen LogP contribution in [0.1, 0.15) is 17.5 Å². The van der Waals surface area contributed by atoms with Crippen molar-refractivity contribution in [2.45, 2.75) is 6.04 Å². The molecule has 1 unspecified atom stereocenters. The predicted octanol–water partition coefficient (Wildman–Crippen LogP) is 1.51. The Balaban J connectivity index is 1.90. The first-order valence-corrected chi connectivity index (χ1v) is 5.47. The highest BCUT2D eigenvalue weighted by molar-refractivity contribution is 5.48. The summed E-state index contributed by atoms with van der Waals surface area (Å²) in [4.78, 5) is 0. The van der Waals surface area contributed by atoms with Gasteiger partial charge in [0.2, 0.25) is 5.89 Å². The van der Waals surface area contributed by atoms with Gasteiger partial charge in [0, 0.05) is 6.20 Å². The van der Waals surface area contributed by atoms with E-state index in [1.807, 2.05) is 30.3 Å². The molecule has 0 saturated heterocycles. The van der Waals surface area contributed by atoms with Crippen molar-refractivity contribution in [3.05, 3.63) is 54.2 Å². The van der Waals surface area contributed by atoms with Crippen molar-refractivity contribution >= 4 is 0 Å². The topological polar surface area (TPSA) is 93.6 Å². The lowest BCUT2D eigenvalue weighted by atomic mass is 10.1. The van der Waals surface area contributed by atoms with Crippen molar-refractivity contribution in [3.8, 4) is 11.5 Å². The molecule has 0 fully saturated rings.